The van der Waals surface area contributed by atoms with Crippen LogP contribution < -0.4 is 4.90 Å². The van der Waals surface area contributed by atoms with Crippen molar-refractivity contribution in [1.82, 2.24) is 9.97 Å². The zero-order valence-electron chi connectivity index (χ0n) is 9.41. The van der Waals surface area contributed by atoms with Crippen LogP contribution in [-0.2, 0) is 9.59 Å². The van der Waals surface area contributed by atoms with Crippen LogP contribution in [0.3, 0.4) is 0 Å². The second-order valence-corrected chi connectivity index (χ2v) is 5.18. The largest absolute Gasteiger partial charge is 0.274 e. The lowest BCUT2D eigenvalue weighted by Crippen LogP contribution is -2.31. The van der Waals surface area contributed by atoms with Gasteiger partial charge < -0.3 is 0 Å². The smallest absolute Gasteiger partial charge is 0.239 e. The molecular formula is C12H10BrN3O2. The minimum atomic E-state index is -0.229. The summed E-state index contributed by atoms with van der Waals surface area (Å²) in [6.45, 7) is 0. The topological polar surface area (TPSA) is 63.2 Å². The molecule has 2 heterocycles. The monoisotopic (exact) mass is 307 g/mol. The summed E-state index contributed by atoms with van der Waals surface area (Å²) in [7, 11) is 0. The van der Waals surface area contributed by atoms with Crippen molar-refractivity contribution in [2.24, 2.45) is 11.8 Å². The predicted molar refractivity (Wildman–Crippen MR) is 67.6 cm³/mol. The van der Waals surface area contributed by atoms with Gasteiger partial charge in [0, 0.05) is 0 Å². The van der Waals surface area contributed by atoms with E-state index >= 15 is 0 Å². The molecule has 1 fully saturated rings. The molecule has 1 aromatic rings. The zero-order chi connectivity index (χ0) is 12.7. The predicted octanol–water partition coefficient (Wildman–Crippen LogP) is 1.69. The first-order chi connectivity index (χ1) is 8.68. The second-order valence-electron chi connectivity index (χ2n) is 4.37. The first-order valence-corrected chi connectivity index (χ1v) is 6.48. The van der Waals surface area contributed by atoms with E-state index in [9.17, 15) is 9.59 Å². The van der Waals surface area contributed by atoms with Crippen molar-refractivity contribution in [1.29, 1.82) is 0 Å². The maximum atomic E-state index is 12.2. The van der Waals surface area contributed by atoms with Gasteiger partial charge in [0.1, 0.15) is 4.60 Å². The van der Waals surface area contributed by atoms with Gasteiger partial charge in [-0.2, -0.15) is 0 Å². The van der Waals surface area contributed by atoms with Gasteiger partial charge in [0.15, 0.2) is 5.82 Å². The molecule has 0 radical (unpaired) electrons. The van der Waals surface area contributed by atoms with E-state index in [0.717, 1.165) is 0 Å². The minimum absolute atomic E-state index is 0.161. The Kier molecular flexibility index (Phi) is 2.74. The van der Waals surface area contributed by atoms with Crippen LogP contribution in [0.5, 0.6) is 0 Å². The van der Waals surface area contributed by atoms with Gasteiger partial charge in [0.05, 0.1) is 24.2 Å². The molecule has 1 saturated heterocycles. The molecule has 3 rings (SSSR count). The van der Waals surface area contributed by atoms with Crippen LogP contribution in [0.25, 0.3) is 0 Å². The number of fused-ring (bicyclic) bond motifs is 1. The number of carbonyl (C=O) groups is 2. The van der Waals surface area contributed by atoms with Gasteiger partial charge in [-0.05, 0) is 28.8 Å². The van der Waals surface area contributed by atoms with E-state index in [1.807, 2.05) is 12.2 Å². The molecule has 1 aliphatic heterocycles. The molecule has 2 amide bonds. The molecule has 5 nitrogen and oxygen atoms in total. The SMILES string of the molecule is O=C1C2CC=CCC2C(=O)N1c1cnc(Br)cn1. The first kappa shape index (κ1) is 11.5. The van der Waals surface area contributed by atoms with E-state index in [-0.39, 0.29) is 23.7 Å². The first-order valence-electron chi connectivity index (χ1n) is 5.69. The van der Waals surface area contributed by atoms with E-state index in [2.05, 4.69) is 25.9 Å². The van der Waals surface area contributed by atoms with E-state index in [0.29, 0.717) is 23.3 Å². The van der Waals surface area contributed by atoms with Gasteiger partial charge in [-0.1, -0.05) is 12.2 Å². The van der Waals surface area contributed by atoms with Crippen LogP contribution in [0.4, 0.5) is 5.82 Å². The number of aromatic nitrogens is 2. The maximum absolute atomic E-state index is 12.2. The highest BCUT2D eigenvalue weighted by Crippen LogP contribution is 2.36. The van der Waals surface area contributed by atoms with Crippen LogP contribution in [-0.4, -0.2) is 21.8 Å². The third-order valence-electron chi connectivity index (χ3n) is 3.34. The molecule has 0 N–H and O–H groups in total. The van der Waals surface area contributed by atoms with Crippen LogP contribution in [0.15, 0.2) is 29.1 Å². The van der Waals surface area contributed by atoms with Gasteiger partial charge in [0.25, 0.3) is 0 Å². The standard InChI is InChI=1S/C12H10BrN3O2/c13-9-5-15-10(6-14-9)16-11(17)7-3-1-2-4-8(7)12(16)18/h1-2,5-8H,3-4H2. The molecule has 2 unspecified atom stereocenters. The van der Waals surface area contributed by atoms with Crippen molar-refractivity contribution >= 4 is 33.6 Å². The third kappa shape index (κ3) is 1.68. The van der Waals surface area contributed by atoms with E-state index in [1.165, 1.54) is 17.3 Å². The average Bonchev–Trinajstić information content (AvgIpc) is 2.64. The second kappa shape index (κ2) is 4.28. The number of amides is 2. The molecule has 1 aliphatic carbocycles. The van der Waals surface area contributed by atoms with Crippen LogP contribution in [0, 0.1) is 11.8 Å². The van der Waals surface area contributed by atoms with Gasteiger partial charge in [-0.3, -0.25) is 9.59 Å². The molecule has 1 aromatic heterocycles. The van der Waals surface area contributed by atoms with Crippen molar-refractivity contribution in [3.05, 3.63) is 29.1 Å². The number of halogens is 1. The molecule has 0 saturated carbocycles. The highest BCUT2D eigenvalue weighted by molar-refractivity contribution is 9.10. The molecule has 92 valence electrons. The number of nitrogens with zero attached hydrogens (tertiary/aromatic N) is 3. The quantitative estimate of drug-likeness (QED) is 0.585. The number of hydrogen-bond acceptors (Lipinski definition) is 4. The fourth-order valence-corrected chi connectivity index (χ4v) is 2.65. The molecule has 0 aromatic carbocycles. The molecule has 6 heteroatoms. The number of anilines is 1. The number of allylic oxidation sites excluding steroid dienone is 2. The van der Waals surface area contributed by atoms with Crippen molar-refractivity contribution in [2.45, 2.75) is 12.8 Å². The van der Waals surface area contributed by atoms with Crippen molar-refractivity contribution < 1.29 is 9.59 Å². The van der Waals surface area contributed by atoms with Crippen LogP contribution in [0.1, 0.15) is 12.8 Å². The summed E-state index contributed by atoms with van der Waals surface area (Å²) >= 11 is 3.17. The Morgan fingerprint density at radius 1 is 1.06 bits per heavy atom. The van der Waals surface area contributed by atoms with E-state index in [4.69, 9.17) is 0 Å². The third-order valence-corrected chi connectivity index (χ3v) is 3.75. The van der Waals surface area contributed by atoms with Gasteiger partial charge >= 0.3 is 0 Å². The zero-order valence-corrected chi connectivity index (χ0v) is 11.0. The highest BCUT2D eigenvalue weighted by Gasteiger charge is 2.48. The lowest BCUT2D eigenvalue weighted by Gasteiger charge is -2.14. The molecule has 0 bridgehead atoms. The Bertz CT molecular complexity index is 515. The number of carbonyl (C=O) groups excluding carboxylic acids is 2. The van der Waals surface area contributed by atoms with Gasteiger partial charge in [-0.25, -0.2) is 14.9 Å². The van der Waals surface area contributed by atoms with Crippen molar-refractivity contribution in [2.75, 3.05) is 4.90 Å². The summed E-state index contributed by atoms with van der Waals surface area (Å²) in [5, 5.41) is 0. The Morgan fingerprint density at radius 3 is 2.17 bits per heavy atom. The van der Waals surface area contributed by atoms with E-state index < -0.39 is 0 Å². The average molecular weight is 308 g/mol. The van der Waals surface area contributed by atoms with Gasteiger partial charge in [0.2, 0.25) is 11.8 Å². The molecular weight excluding hydrogens is 298 g/mol. The minimum Gasteiger partial charge on any atom is -0.274 e. The molecule has 0 spiro atoms. The number of imide groups is 1. The van der Waals surface area contributed by atoms with Crippen LogP contribution in [0.2, 0.25) is 0 Å². The Balaban J connectivity index is 1.96. The Morgan fingerprint density at radius 2 is 1.67 bits per heavy atom. The normalized spacial score (nSPS) is 26.6. The summed E-state index contributed by atoms with van der Waals surface area (Å²) in [4.78, 5) is 33.7. The van der Waals surface area contributed by atoms with Crippen LogP contribution >= 0.6 is 15.9 Å². The fourth-order valence-electron chi connectivity index (χ4n) is 2.45. The Labute approximate surface area is 112 Å². The molecule has 2 atom stereocenters. The summed E-state index contributed by atoms with van der Waals surface area (Å²) in [5.41, 5.74) is 0. The number of hydrogen-bond donors (Lipinski definition) is 0. The Hall–Kier alpha value is -1.56. The summed E-state index contributed by atoms with van der Waals surface area (Å²) in [6, 6.07) is 0. The lowest BCUT2D eigenvalue weighted by atomic mass is 9.85. The summed E-state index contributed by atoms with van der Waals surface area (Å²) < 4.78 is 0.574. The highest BCUT2D eigenvalue weighted by atomic mass is 79.9. The lowest BCUT2D eigenvalue weighted by molar-refractivity contribution is -0.122. The molecule has 18 heavy (non-hydrogen) atoms. The summed E-state index contributed by atoms with van der Waals surface area (Å²) in [5.74, 6) is -0.472. The van der Waals surface area contributed by atoms with E-state index in [1.54, 1.807) is 0 Å². The van der Waals surface area contributed by atoms with Crippen molar-refractivity contribution in [3.8, 4) is 0 Å². The van der Waals surface area contributed by atoms with Gasteiger partial charge in [-0.15, -0.1) is 0 Å². The fraction of sp³-hybridized carbons (Fsp3) is 0.333. The number of rotatable bonds is 1. The van der Waals surface area contributed by atoms with Crippen molar-refractivity contribution in [3.63, 3.8) is 0 Å². The molecule has 2 aliphatic rings. The summed E-state index contributed by atoms with van der Waals surface area (Å²) in [6.07, 6.45) is 8.11. The maximum Gasteiger partial charge on any atom is 0.239 e.